The molecule has 3 rings (SSSR count). The summed E-state index contributed by atoms with van der Waals surface area (Å²) in [4.78, 5) is 18.7. The van der Waals surface area contributed by atoms with Crippen LogP contribution in [-0.4, -0.2) is 33.6 Å². The van der Waals surface area contributed by atoms with Gasteiger partial charge in [-0.1, -0.05) is 36.9 Å². The largest absolute Gasteiger partial charge is 0.452 e. The maximum absolute atomic E-state index is 12.6. The third-order valence-electron chi connectivity index (χ3n) is 3.61. The Morgan fingerprint density at radius 1 is 1.35 bits per heavy atom. The molecule has 2 heterocycles. The lowest BCUT2D eigenvalue weighted by Crippen LogP contribution is -2.41. The maximum Gasteiger partial charge on any atom is 0.247 e. The summed E-state index contributed by atoms with van der Waals surface area (Å²) in [6.45, 7) is 3.83. The molecule has 7 heteroatoms. The molecule has 0 spiro atoms. The first kappa shape index (κ1) is 15.7. The Morgan fingerprint density at radius 3 is 2.87 bits per heavy atom. The summed E-state index contributed by atoms with van der Waals surface area (Å²) in [5.41, 5.74) is 2.16. The van der Waals surface area contributed by atoms with Gasteiger partial charge in [0.2, 0.25) is 16.9 Å². The molecule has 0 aliphatic carbocycles. The highest BCUT2D eigenvalue weighted by Gasteiger charge is 2.31. The standard InChI is InChI=1S/C16H18N4O2S/c1-4-7-13(21)20-10(2)22-15-14(18-19-16(17-15)23-3)11-8-5-6-9-12(11)20/h5-6,8-10H,4,7H2,1-3H3. The Bertz CT molecular complexity index is 738. The molecule has 2 aromatic rings. The number of para-hydroxylation sites is 1. The third kappa shape index (κ3) is 2.88. The predicted molar refractivity (Wildman–Crippen MR) is 89.5 cm³/mol. The zero-order valence-corrected chi connectivity index (χ0v) is 14.1. The van der Waals surface area contributed by atoms with E-state index in [4.69, 9.17) is 4.74 Å². The van der Waals surface area contributed by atoms with Crippen LogP contribution in [0.15, 0.2) is 29.4 Å². The lowest BCUT2D eigenvalue weighted by atomic mass is 10.1. The van der Waals surface area contributed by atoms with Crippen molar-refractivity contribution in [1.29, 1.82) is 0 Å². The van der Waals surface area contributed by atoms with Crippen LogP contribution in [0, 0.1) is 0 Å². The highest BCUT2D eigenvalue weighted by molar-refractivity contribution is 7.98. The summed E-state index contributed by atoms with van der Waals surface area (Å²) in [7, 11) is 0. The normalized spacial score (nSPS) is 16.1. The molecule has 1 unspecified atom stereocenters. The number of fused-ring (bicyclic) bond motifs is 3. The molecular weight excluding hydrogens is 312 g/mol. The monoisotopic (exact) mass is 330 g/mol. The van der Waals surface area contributed by atoms with Crippen molar-refractivity contribution in [3.8, 4) is 17.1 Å². The van der Waals surface area contributed by atoms with E-state index in [-0.39, 0.29) is 5.91 Å². The topological polar surface area (TPSA) is 68.2 Å². The lowest BCUT2D eigenvalue weighted by molar-refractivity contribution is -0.120. The summed E-state index contributed by atoms with van der Waals surface area (Å²) in [5.74, 6) is 0.439. The highest BCUT2D eigenvalue weighted by Crippen LogP contribution is 2.39. The molecule has 1 atom stereocenters. The first-order valence-electron chi connectivity index (χ1n) is 7.52. The van der Waals surface area contributed by atoms with Crippen LogP contribution in [0.25, 0.3) is 11.3 Å². The summed E-state index contributed by atoms with van der Waals surface area (Å²) in [6.07, 6.45) is 2.68. The van der Waals surface area contributed by atoms with E-state index in [1.807, 2.05) is 44.4 Å². The van der Waals surface area contributed by atoms with Gasteiger partial charge in [-0.05, 0) is 25.7 Å². The molecule has 1 aliphatic rings. The number of aromatic nitrogens is 3. The SMILES string of the molecule is CCCC(=O)N1c2ccccc2-c2nnc(SC)nc2OC1C. The second kappa shape index (κ2) is 6.54. The number of anilines is 1. The van der Waals surface area contributed by atoms with E-state index < -0.39 is 6.23 Å². The Hall–Kier alpha value is -2.15. The van der Waals surface area contributed by atoms with E-state index in [0.717, 1.165) is 17.7 Å². The van der Waals surface area contributed by atoms with Crippen molar-refractivity contribution in [2.75, 3.05) is 11.2 Å². The number of benzene rings is 1. The van der Waals surface area contributed by atoms with Crippen molar-refractivity contribution < 1.29 is 9.53 Å². The van der Waals surface area contributed by atoms with Crippen molar-refractivity contribution in [2.24, 2.45) is 0 Å². The fourth-order valence-electron chi connectivity index (χ4n) is 2.60. The van der Waals surface area contributed by atoms with Crippen molar-refractivity contribution in [1.82, 2.24) is 15.2 Å². The van der Waals surface area contributed by atoms with Crippen LogP contribution < -0.4 is 9.64 Å². The predicted octanol–water partition coefficient (Wildman–Crippen LogP) is 3.13. The Morgan fingerprint density at radius 2 is 2.13 bits per heavy atom. The fourth-order valence-corrected chi connectivity index (χ4v) is 2.90. The van der Waals surface area contributed by atoms with Crippen LogP contribution in [-0.2, 0) is 4.79 Å². The minimum atomic E-state index is -0.456. The molecule has 120 valence electrons. The minimum Gasteiger partial charge on any atom is -0.452 e. The van der Waals surface area contributed by atoms with Crippen LogP contribution in [0.4, 0.5) is 5.69 Å². The molecule has 1 aromatic carbocycles. The number of hydrogen-bond acceptors (Lipinski definition) is 6. The van der Waals surface area contributed by atoms with Gasteiger partial charge >= 0.3 is 0 Å². The number of rotatable bonds is 3. The zero-order chi connectivity index (χ0) is 16.4. The van der Waals surface area contributed by atoms with Crippen LogP contribution in [0.5, 0.6) is 5.88 Å². The van der Waals surface area contributed by atoms with Crippen molar-refractivity contribution in [3.05, 3.63) is 24.3 Å². The number of hydrogen-bond donors (Lipinski definition) is 0. The van der Waals surface area contributed by atoms with E-state index >= 15 is 0 Å². The van der Waals surface area contributed by atoms with Gasteiger partial charge in [0.25, 0.3) is 0 Å². The first-order chi connectivity index (χ1) is 11.2. The maximum atomic E-state index is 12.6. The molecule has 0 saturated carbocycles. The molecule has 23 heavy (non-hydrogen) atoms. The molecule has 1 amide bonds. The molecular formula is C16H18N4O2S. The average molecular weight is 330 g/mol. The van der Waals surface area contributed by atoms with Gasteiger partial charge < -0.3 is 4.74 Å². The number of thioether (sulfide) groups is 1. The molecule has 0 bridgehead atoms. The Balaban J connectivity index is 2.16. The summed E-state index contributed by atoms with van der Waals surface area (Å²) < 4.78 is 5.94. The zero-order valence-electron chi connectivity index (χ0n) is 13.3. The van der Waals surface area contributed by atoms with E-state index in [0.29, 0.717) is 23.2 Å². The fraction of sp³-hybridized carbons (Fsp3) is 0.375. The van der Waals surface area contributed by atoms with Gasteiger partial charge in [0.1, 0.15) is 0 Å². The summed E-state index contributed by atoms with van der Waals surface area (Å²) in [5, 5.41) is 8.91. The second-order valence-electron chi connectivity index (χ2n) is 5.20. The molecule has 0 fully saturated rings. The van der Waals surface area contributed by atoms with Crippen molar-refractivity contribution in [2.45, 2.75) is 38.1 Å². The second-order valence-corrected chi connectivity index (χ2v) is 5.97. The van der Waals surface area contributed by atoms with Crippen LogP contribution in [0.3, 0.4) is 0 Å². The van der Waals surface area contributed by atoms with Gasteiger partial charge in [0, 0.05) is 12.0 Å². The Labute approximate surface area is 139 Å². The van der Waals surface area contributed by atoms with Gasteiger partial charge in [-0.3, -0.25) is 9.69 Å². The minimum absolute atomic E-state index is 0.0262. The highest BCUT2D eigenvalue weighted by atomic mass is 32.2. The van der Waals surface area contributed by atoms with E-state index in [1.165, 1.54) is 11.8 Å². The molecule has 0 radical (unpaired) electrons. The van der Waals surface area contributed by atoms with Crippen LogP contribution in [0.2, 0.25) is 0 Å². The molecule has 0 saturated heterocycles. The van der Waals surface area contributed by atoms with Gasteiger partial charge in [-0.15, -0.1) is 10.2 Å². The van der Waals surface area contributed by atoms with E-state index in [9.17, 15) is 4.79 Å². The lowest BCUT2D eigenvalue weighted by Gasteiger charge is -2.27. The van der Waals surface area contributed by atoms with E-state index in [2.05, 4.69) is 15.2 Å². The molecule has 1 aromatic heterocycles. The number of carbonyl (C=O) groups is 1. The van der Waals surface area contributed by atoms with Gasteiger partial charge in [0.15, 0.2) is 11.9 Å². The van der Waals surface area contributed by atoms with Gasteiger partial charge in [0.05, 0.1) is 5.69 Å². The smallest absolute Gasteiger partial charge is 0.247 e. The van der Waals surface area contributed by atoms with Crippen molar-refractivity contribution in [3.63, 3.8) is 0 Å². The van der Waals surface area contributed by atoms with Gasteiger partial charge in [-0.25, -0.2) is 0 Å². The number of amides is 1. The number of carbonyl (C=O) groups excluding carboxylic acids is 1. The Kier molecular flexibility index (Phi) is 4.47. The van der Waals surface area contributed by atoms with Crippen LogP contribution in [0.1, 0.15) is 26.7 Å². The van der Waals surface area contributed by atoms with Crippen LogP contribution >= 0.6 is 11.8 Å². The van der Waals surface area contributed by atoms with Crippen molar-refractivity contribution >= 4 is 23.4 Å². The molecule has 0 N–H and O–H groups in total. The summed E-state index contributed by atoms with van der Waals surface area (Å²) in [6, 6.07) is 7.63. The van der Waals surface area contributed by atoms with E-state index in [1.54, 1.807) is 4.90 Å². The number of nitrogens with zero attached hydrogens (tertiary/aromatic N) is 4. The van der Waals surface area contributed by atoms with Gasteiger partial charge in [-0.2, -0.15) is 4.98 Å². The quantitative estimate of drug-likeness (QED) is 0.805. The molecule has 1 aliphatic heterocycles. The molecule has 6 nitrogen and oxygen atoms in total. The summed E-state index contributed by atoms with van der Waals surface area (Å²) >= 11 is 1.40. The third-order valence-corrected chi connectivity index (χ3v) is 4.15. The first-order valence-corrected chi connectivity index (χ1v) is 8.75. The number of ether oxygens (including phenoxy) is 1. The average Bonchev–Trinajstić information content (AvgIpc) is 2.67.